The van der Waals surface area contributed by atoms with Gasteiger partial charge in [0, 0.05) is 35.4 Å². The Morgan fingerprint density at radius 2 is 1.87 bits per heavy atom. The molecule has 0 radical (unpaired) electrons. The number of aliphatic hydroxyl groups is 1. The highest BCUT2D eigenvalue weighted by Gasteiger charge is 2.56. The number of aliphatic hydroxyl groups excluding tert-OH is 1. The highest BCUT2D eigenvalue weighted by Crippen LogP contribution is 2.59. The molecule has 0 bridgehead atoms. The Kier molecular flexibility index (Phi) is 7.81. The Morgan fingerprint density at radius 1 is 1.18 bits per heavy atom. The van der Waals surface area contributed by atoms with Crippen molar-refractivity contribution in [1.82, 2.24) is 4.90 Å². The summed E-state index contributed by atoms with van der Waals surface area (Å²) in [4.78, 5) is 15.3. The SMILES string of the molecule is C=C(N)C1=C(O)[C@@H](N(C)C)[C@H]2[C@@H](C1=C)C(C)=C1C(=C)c3c(C)cccc3[C@H](C)[C@H]1[C@@H]2OC(=O)CCCCC. The molecule has 3 N–H and O–H groups in total. The molecule has 38 heavy (non-hydrogen) atoms. The standard InChI is InChI=1S/C33H44N2O3/c1-10-11-12-16-24(36)38-33-29-18(3)23-15-13-14-17(2)25(23)19(4)26(29)20(5)27-21(6)28(22(7)34)32(37)31(30(27)33)35(8)9/h13-15,18,27,29-31,33,37H,4,6-7,10-12,16,34H2,1-3,5,8-9H3/t18-,27+,29+,30+,31-,33-/m0/s1. The number of allylic oxidation sites excluding steroid dienone is 3. The number of fused-ring (bicyclic) bond motifs is 3. The molecule has 3 aliphatic rings. The number of aryl methyl sites for hydroxylation is 1. The summed E-state index contributed by atoms with van der Waals surface area (Å²) in [7, 11) is 3.89. The van der Waals surface area contributed by atoms with Crippen molar-refractivity contribution < 1.29 is 14.6 Å². The van der Waals surface area contributed by atoms with E-state index in [1.54, 1.807) is 0 Å². The van der Waals surface area contributed by atoms with Crippen molar-refractivity contribution in [3.05, 3.63) is 88.4 Å². The molecule has 0 amide bonds. The Labute approximate surface area is 228 Å². The lowest BCUT2D eigenvalue weighted by molar-refractivity contribution is -0.159. The number of likely N-dealkylation sites (N-methyl/N-ethyl adjacent to an activating group) is 1. The topological polar surface area (TPSA) is 75.8 Å². The number of hydrogen-bond acceptors (Lipinski definition) is 5. The Hall–Kier alpha value is -3.05. The van der Waals surface area contributed by atoms with Crippen LogP contribution >= 0.6 is 0 Å². The molecule has 0 aromatic heterocycles. The quantitative estimate of drug-likeness (QED) is 0.316. The predicted molar refractivity (Wildman–Crippen MR) is 155 cm³/mol. The minimum atomic E-state index is -0.466. The van der Waals surface area contributed by atoms with Gasteiger partial charge < -0.3 is 15.6 Å². The van der Waals surface area contributed by atoms with Crippen LogP contribution in [0, 0.1) is 24.7 Å². The number of rotatable bonds is 7. The van der Waals surface area contributed by atoms with Gasteiger partial charge in [-0.15, -0.1) is 0 Å². The Bertz CT molecular complexity index is 1250. The molecule has 3 aliphatic carbocycles. The zero-order valence-electron chi connectivity index (χ0n) is 23.9. The van der Waals surface area contributed by atoms with Crippen molar-refractivity contribution in [3.8, 4) is 0 Å². The molecule has 0 saturated carbocycles. The smallest absolute Gasteiger partial charge is 0.306 e. The summed E-state index contributed by atoms with van der Waals surface area (Å²) in [5.41, 5.74) is 14.7. The minimum absolute atomic E-state index is 0.0844. The van der Waals surface area contributed by atoms with Gasteiger partial charge in [-0.1, -0.05) is 70.2 Å². The van der Waals surface area contributed by atoms with E-state index in [1.807, 2.05) is 19.0 Å². The lowest BCUT2D eigenvalue weighted by atomic mass is 9.54. The van der Waals surface area contributed by atoms with Gasteiger partial charge in [0.15, 0.2) is 0 Å². The van der Waals surface area contributed by atoms with Crippen molar-refractivity contribution >= 4 is 11.5 Å². The molecule has 4 rings (SSSR count). The molecule has 5 heteroatoms. The zero-order valence-corrected chi connectivity index (χ0v) is 23.9. The van der Waals surface area contributed by atoms with Crippen molar-refractivity contribution in [3.63, 3.8) is 0 Å². The van der Waals surface area contributed by atoms with Crippen LogP contribution in [0.2, 0.25) is 0 Å². The van der Waals surface area contributed by atoms with E-state index in [0.29, 0.717) is 17.7 Å². The van der Waals surface area contributed by atoms with Crippen LogP contribution in [0.3, 0.4) is 0 Å². The number of benzene rings is 1. The van der Waals surface area contributed by atoms with E-state index in [2.05, 4.69) is 65.6 Å². The second-order valence-electron chi connectivity index (χ2n) is 11.6. The fraction of sp³-hybridized carbons (Fsp3) is 0.485. The van der Waals surface area contributed by atoms with Crippen LogP contribution in [0.5, 0.6) is 0 Å². The first-order valence-corrected chi connectivity index (χ1v) is 13.9. The van der Waals surface area contributed by atoms with Gasteiger partial charge in [-0.3, -0.25) is 9.69 Å². The fourth-order valence-corrected chi connectivity index (χ4v) is 7.44. The average Bonchev–Trinajstić information content (AvgIpc) is 2.83. The maximum Gasteiger partial charge on any atom is 0.306 e. The van der Waals surface area contributed by atoms with Crippen molar-refractivity contribution in [1.29, 1.82) is 0 Å². The number of carbonyl (C=O) groups is 1. The summed E-state index contributed by atoms with van der Waals surface area (Å²) in [5.74, 6) is -0.430. The maximum atomic E-state index is 13.3. The van der Waals surface area contributed by atoms with Gasteiger partial charge >= 0.3 is 5.97 Å². The van der Waals surface area contributed by atoms with Gasteiger partial charge in [0.1, 0.15) is 11.9 Å². The normalized spacial score (nSPS) is 28.7. The lowest BCUT2D eigenvalue weighted by Gasteiger charge is -2.54. The van der Waals surface area contributed by atoms with Gasteiger partial charge in [-0.25, -0.2) is 0 Å². The summed E-state index contributed by atoms with van der Waals surface area (Å²) in [5, 5.41) is 11.6. The third kappa shape index (κ3) is 4.35. The van der Waals surface area contributed by atoms with Gasteiger partial charge in [-0.05, 0) is 73.7 Å². The summed E-state index contributed by atoms with van der Waals surface area (Å²) in [6, 6.07) is 5.98. The first kappa shape index (κ1) is 28.0. The molecule has 0 aliphatic heterocycles. The van der Waals surface area contributed by atoms with Crippen molar-refractivity contribution in [2.45, 2.75) is 71.4 Å². The third-order valence-corrected chi connectivity index (χ3v) is 9.03. The third-order valence-electron chi connectivity index (χ3n) is 9.03. The van der Waals surface area contributed by atoms with E-state index >= 15 is 0 Å². The van der Waals surface area contributed by atoms with Crippen LogP contribution in [0.1, 0.15) is 69.1 Å². The summed E-state index contributed by atoms with van der Waals surface area (Å²) < 4.78 is 6.49. The molecule has 1 aromatic carbocycles. The molecule has 0 spiro atoms. The highest BCUT2D eigenvalue weighted by molar-refractivity contribution is 5.86. The van der Waals surface area contributed by atoms with E-state index in [0.717, 1.165) is 41.6 Å². The van der Waals surface area contributed by atoms with Crippen LogP contribution in [-0.2, 0) is 9.53 Å². The molecule has 0 heterocycles. The average molecular weight is 517 g/mol. The molecule has 1 aromatic rings. The molecule has 6 atom stereocenters. The Balaban J connectivity index is 1.96. The fourth-order valence-electron chi connectivity index (χ4n) is 7.44. The largest absolute Gasteiger partial charge is 0.510 e. The molecule has 0 saturated heterocycles. The van der Waals surface area contributed by atoms with E-state index in [4.69, 9.17) is 10.5 Å². The predicted octanol–water partition coefficient (Wildman–Crippen LogP) is 6.58. The summed E-state index contributed by atoms with van der Waals surface area (Å²) >= 11 is 0. The van der Waals surface area contributed by atoms with Gasteiger partial charge in [0.05, 0.1) is 6.04 Å². The van der Waals surface area contributed by atoms with Crippen LogP contribution in [0.4, 0.5) is 0 Å². The van der Waals surface area contributed by atoms with Gasteiger partial charge in [0.2, 0.25) is 0 Å². The number of nitrogens with two attached hydrogens (primary N) is 1. The van der Waals surface area contributed by atoms with Crippen molar-refractivity contribution in [2.75, 3.05) is 14.1 Å². The van der Waals surface area contributed by atoms with Crippen LogP contribution < -0.4 is 5.73 Å². The highest BCUT2D eigenvalue weighted by atomic mass is 16.5. The number of ether oxygens (including phenoxy) is 1. The van der Waals surface area contributed by atoms with E-state index in [1.165, 1.54) is 16.7 Å². The van der Waals surface area contributed by atoms with E-state index < -0.39 is 12.1 Å². The molecule has 0 fully saturated rings. The second-order valence-corrected chi connectivity index (χ2v) is 11.6. The number of carbonyl (C=O) groups excluding carboxylic acids is 1. The van der Waals surface area contributed by atoms with Crippen LogP contribution in [0.25, 0.3) is 5.57 Å². The molecule has 204 valence electrons. The van der Waals surface area contributed by atoms with E-state index in [-0.39, 0.29) is 35.4 Å². The number of nitrogens with zero attached hydrogens (tertiary/aromatic N) is 1. The number of unbranched alkanes of at least 4 members (excludes halogenated alkanes) is 2. The summed E-state index contributed by atoms with van der Waals surface area (Å²) in [6.07, 6.45) is 2.75. The molecule has 0 unspecified atom stereocenters. The minimum Gasteiger partial charge on any atom is -0.510 e. The van der Waals surface area contributed by atoms with Crippen molar-refractivity contribution in [2.24, 2.45) is 23.5 Å². The second kappa shape index (κ2) is 10.6. The first-order valence-electron chi connectivity index (χ1n) is 13.9. The molecular weight excluding hydrogens is 472 g/mol. The lowest BCUT2D eigenvalue weighted by Crippen LogP contribution is -2.57. The zero-order chi connectivity index (χ0) is 28.0. The van der Waals surface area contributed by atoms with Gasteiger partial charge in [-0.2, -0.15) is 0 Å². The van der Waals surface area contributed by atoms with Crippen LogP contribution in [-0.4, -0.2) is 42.2 Å². The van der Waals surface area contributed by atoms with E-state index in [9.17, 15) is 9.90 Å². The van der Waals surface area contributed by atoms with Gasteiger partial charge in [0.25, 0.3) is 0 Å². The monoisotopic (exact) mass is 516 g/mol. The number of esters is 1. The maximum absolute atomic E-state index is 13.3. The first-order chi connectivity index (χ1) is 17.9. The Morgan fingerprint density at radius 3 is 2.47 bits per heavy atom. The number of hydrogen-bond donors (Lipinski definition) is 2. The van der Waals surface area contributed by atoms with Crippen LogP contribution in [0.15, 0.2) is 71.7 Å². The summed E-state index contributed by atoms with van der Waals surface area (Å²) in [6.45, 7) is 21.6. The molecule has 5 nitrogen and oxygen atoms in total. The molecular formula is C33H44N2O3.